The number of aromatic nitrogens is 2. The Labute approximate surface area is 185 Å². The van der Waals surface area contributed by atoms with Gasteiger partial charge in [0.25, 0.3) is 0 Å². The van der Waals surface area contributed by atoms with Crippen molar-refractivity contribution in [1.82, 2.24) is 9.55 Å². The van der Waals surface area contributed by atoms with Crippen molar-refractivity contribution >= 4 is 22.7 Å². The van der Waals surface area contributed by atoms with Gasteiger partial charge in [0.05, 0.1) is 23.9 Å². The summed E-state index contributed by atoms with van der Waals surface area (Å²) in [6, 6.07) is 13.2. The van der Waals surface area contributed by atoms with Gasteiger partial charge in [-0.05, 0) is 62.9 Å². The summed E-state index contributed by atoms with van der Waals surface area (Å²) in [7, 11) is 0. The summed E-state index contributed by atoms with van der Waals surface area (Å²) < 4.78 is 13.0. The smallest absolute Gasteiger partial charge is 0.339 e. The third-order valence-electron chi connectivity index (χ3n) is 6.23. The number of ketones is 1. The molecule has 4 aromatic rings. The van der Waals surface area contributed by atoms with Crippen LogP contribution in [0.25, 0.3) is 10.9 Å². The minimum Gasteiger partial charge on any atom is -0.467 e. The second kappa shape index (κ2) is 8.11. The molecule has 162 valence electrons. The van der Waals surface area contributed by atoms with Crippen LogP contribution in [0.1, 0.15) is 55.5 Å². The molecular weight excluding hydrogens is 404 g/mol. The molecule has 0 fully saturated rings. The summed E-state index contributed by atoms with van der Waals surface area (Å²) in [5.74, 6) is 0.141. The van der Waals surface area contributed by atoms with Crippen LogP contribution in [-0.2, 0) is 24.1 Å². The first-order valence-electron chi connectivity index (χ1n) is 10.8. The Bertz CT molecular complexity index is 1330. The van der Waals surface area contributed by atoms with E-state index in [-0.39, 0.29) is 12.4 Å². The van der Waals surface area contributed by atoms with Crippen LogP contribution >= 0.6 is 0 Å². The first-order valence-corrected chi connectivity index (χ1v) is 10.8. The zero-order chi connectivity index (χ0) is 22.2. The fourth-order valence-corrected chi connectivity index (χ4v) is 4.61. The van der Waals surface area contributed by atoms with Crippen molar-refractivity contribution in [3.05, 3.63) is 88.3 Å². The number of benzene rings is 1. The summed E-state index contributed by atoms with van der Waals surface area (Å²) in [6.07, 6.45) is 4.27. The van der Waals surface area contributed by atoms with Crippen LogP contribution in [0.4, 0.5) is 0 Å². The molecule has 1 aromatic carbocycles. The van der Waals surface area contributed by atoms with E-state index in [1.165, 1.54) is 0 Å². The van der Waals surface area contributed by atoms with Crippen LogP contribution in [0.2, 0.25) is 0 Å². The van der Waals surface area contributed by atoms with E-state index in [0.717, 1.165) is 58.6 Å². The summed E-state index contributed by atoms with van der Waals surface area (Å²) in [6.45, 7) is 4.10. The van der Waals surface area contributed by atoms with Crippen LogP contribution in [0.3, 0.4) is 0 Å². The van der Waals surface area contributed by atoms with Gasteiger partial charge in [-0.25, -0.2) is 4.79 Å². The van der Waals surface area contributed by atoms with Crippen LogP contribution in [0.5, 0.6) is 0 Å². The normalized spacial score (nSPS) is 12.8. The maximum Gasteiger partial charge on any atom is 0.339 e. The lowest BCUT2D eigenvalue weighted by atomic mass is 10.0. The molecule has 32 heavy (non-hydrogen) atoms. The number of pyridine rings is 1. The predicted molar refractivity (Wildman–Crippen MR) is 120 cm³/mol. The number of esters is 1. The average molecular weight is 428 g/mol. The lowest BCUT2D eigenvalue weighted by Gasteiger charge is -2.12. The number of carbonyl (C=O) groups is 2. The van der Waals surface area contributed by atoms with Gasteiger partial charge in [-0.15, -0.1) is 0 Å². The Morgan fingerprint density at radius 2 is 1.97 bits per heavy atom. The molecule has 0 saturated heterocycles. The third-order valence-corrected chi connectivity index (χ3v) is 6.23. The molecule has 1 aliphatic carbocycles. The summed E-state index contributed by atoms with van der Waals surface area (Å²) >= 11 is 0. The van der Waals surface area contributed by atoms with Crippen molar-refractivity contribution in [3.63, 3.8) is 0 Å². The number of furan rings is 1. The van der Waals surface area contributed by atoms with Crippen LogP contribution in [0, 0.1) is 13.8 Å². The van der Waals surface area contributed by atoms with E-state index in [1.807, 2.05) is 60.9 Å². The van der Waals surface area contributed by atoms with Gasteiger partial charge in [0.2, 0.25) is 5.78 Å². The molecule has 1 aliphatic rings. The molecular formula is C26H24N2O4. The molecule has 0 atom stereocenters. The lowest BCUT2D eigenvalue weighted by molar-refractivity contribution is 0.0475. The molecule has 3 heterocycles. The Balaban J connectivity index is 1.37. The van der Waals surface area contributed by atoms with Gasteiger partial charge in [0.1, 0.15) is 5.76 Å². The van der Waals surface area contributed by atoms with Crippen molar-refractivity contribution in [2.45, 2.75) is 39.7 Å². The lowest BCUT2D eigenvalue weighted by Crippen LogP contribution is -2.17. The third kappa shape index (κ3) is 3.51. The van der Waals surface area contributed by atoms with E-state index in [2.05, 4.69) is 0 Å². The Kier molecular flexibility index (Phi) is 5.13. The minimum atomic E-state index is -0.459. The van der Waals surface area contributed by atoms with Crippen molar-refractivity contribution < 1.29 is 18.7 Å². The van der Waals surface area contributed by atoms with Crippen molar-refractivity contribution in [2.24, 2.45) is 0 Å². The Morgan fingerprint density at radius 3 is 2.78 bits per heavy atom. The number of rotatable bonds is 6. The monoisotopic (exact) mass is 428 g/mol. The average Bonchev–Trinajstić information content (AvgIpc) is 3.53. The second-order valence-corrected chi connectivity index (χ2v) is 8.23. The zero-order valence-electron chi connectivity index (χ0n) is 18.2. The molecule has 5 rings (SSSR count). The first kappa shape index (κ1) is 20.2. The van der Waals surface area contributed by atoms with Crippen molar-refractivity contribution in [1.29, 1.82) is 0 Å². The zero-order valence-corrected chi connectivity index (χ0v) is 18.2. The highest BCUT2D eigenvalue weighted by molar-refractivity contribution is 6.06. The number of nitrogens with zero attached hydrogens (tertiary/aromatic N) is 2. The fourth-order valence-electron chi connectivity index (χ4n) is 4.61. The van der Waals surface area contributed by atoms with Crippen LogP contribution < -0.4 is 0 Å². The second-order valence-electron chi connectivity index (χ2n) is 8.23. The van der Waals surface area contributed by atoms with E-state index in [9.17, 15) is 9.59 Å². The molecule has 0 saturated carbocycles. The number of ether oxygens (including phenoxy) is 1. The summed E-state index contributed by atoms with van der Waals surface area (Å²) in [5, 5.41) is 0.780. The number of carbonyl (C=O) groups excluding carboxylic acids is 2. The molecule has 6 nitrogen and oxygen atoms in total. The highest BCUT2D eigenvalue weighted by atomic mass is 16.5. The topological polar surface area (TPSA) is 74.3 Å². The highest BCUT2D eigenvalue weighted by Crippen LogP contribution is 2.30. The van der Waals surface area contributed by atoms with E-state index in [4.69, 9.17) is 14.1 Å². The van der Waals surface area contributed by atoms with Gasteiger partial charge < -0.3 is 13.7 Å². The summed E-state index contributed by atoms with van der Waals surface area (Å²) in [5.41, 5.74) is 5.60. The molecule has 0 bridgehead atoms. The first-order chi connectivity index (χ1) is 15.5. The number of hydrogen-bond donors (Lipinski definition) is 0. The van der Waals surface area contributed by atoms with Gasteiger partial charge in [-0.1, -0.05) is 18.2 Å². The Morgan fingerprint density at radius 1 is 1.12 bits per heavy atom. The quantitative estimate of drug-likeness (QED) is 0.325. The minimum absolute atomic E-state index is 0.216. The summed E-state index contributed by atoms with van der Waals surface area (Å²) in [4.78, 5) is 30.8. The molecule has 0 N–H and O–H groups in total. The van der Waals surface area contributed by atoms with Crippen LogP contribution in [-0.4, -0.2) is 27.9 Å². The van der Waals surface area contributed by atoms with Gasteiger partial charge in [-0.3, -0.25) is 9.78 Å². The SMILES string of the molecule is Cc1cc(C(=O)COC(=O)c2c3c(nc4ccccc24)CCC3)c(C)n1Cc1ccco1. The molecule has 0 unspecified atom stereocenters. The van der Waals surface area contributed by atoms with Crippen molar-refractivity contribution in [3.8, 4) is 0 Å². The van der Waals surface area contributed by atoms with Gasteiger partial charge >= 0.3 is 5.97 Å². The van der Waals surface area contributed by atoms with Crippen LogP contribution in [0.15, 0.2) is 53.1 Å². The maximum absolute atomic E-state index is 13.1. The molecule has 3 aromatic heterocycles. The molecule has 0 radical (unpaired) electrons. The molecule has 0 amide bonds. The van der Waals surface area contributed by atoms with Crippen molar-refractivity contribution in [2.75, 3.05) is 6.61 Å². The largest absolute Gasteiger partial charge is 0.467 e. The van der Waals surface area contributed by atoms with E-state index in [0.29, 0.717) is 17.7 Å². The Hall–Kier alpha value is -3.67. The standard InChI is InChI=1S/C26H24N2O4/c1-16-13-21(17(2)28(16)14-18-7-6-12-31-18)24(29)15-32-26(30)25-19-8-3-4-10-22(19)27-23-11-5-9-20(23)25/h3-4,6-8,10,12-13H,5,9,11,14-15H2,1-2H3. The number of fused-ring (bicyclic) bond motifs is 2. The number of hydrogen-bond acceptors (Lipinski definition) is 5. The van der Waals surface area contributed by atoms with Gasteiger partial charge in [0, 0.05) is 28.0 Å². The molecule has 6 heteroatoms. The van der Waals surface area contributed by atoms with E-state index >= 15 is 0 Å². The highest BCUT2D eigenvalue weighted by Gasteiger charge is 2.26. The fraction of sp³-hybridized carbons (Fsp3) is 0.269. The molecule has 0 aliphatic heterocycles. The van der Waals surface area contributed by atoms with E-state index in [1.54, 1.807) is 6.26 Å². The van der Waals surface area contributed by atoms with E-state index < -0.39 is 5.97 Å². The number of Topliss-reactive ketones (excluding diaryl/α,β-unsaturated/α-hetero) is 1. The predicted octanol–water partition coefficient (Wildman–Crippen LogP) is 4.82. The van der Waals surface area contributed by atoms with Gasteiger partial charge in [-0.2, -0.15) is 0 Å². The molecule has 0 spiro atoms. The van der Waals surface area contributed by atoms with Gasteiger partial charge in [0.15, 0.2) is 6.61 Å². The number of para-hydroxylation sites is 1. The number of aryl methyl sites for hydroxylation is 2. The maximum atomic E-state index is 13.1.